The Morgan fingerprint density at radius 2 is 1.79 bits per heavy atom. The van der Waals surface area contributed by atoms with Crippen LogP contribution in [0.5, 0.6) is 0 Å². The van der Waals surface area contributed by atoms with Gasteiger partial charge in [0.25, 0.3) is 0 Å². The number of hydrogen-bond donors (Lipinski definition) is 0. The molecule has 0 aliphatic carbocycles. The van der Waals surface area contributed by atoms with E-state index in [1.165, 1.54) is 5.56 Å². The van der Waals surface area contributed by atoms with Gasteiger partial charge in [-0.05, 0) is 18.2 Å². The van der Waals surface area contributed by atoms with E-state index in [1.54, 1.807) is 6.26 Å². The lowest BCUT2D eigenvalue weighted by Gasteiger charge is -2.34. The first-order valence-corrected chi connectivity index (χ1v) is 6.76. The fraction of sp³-hybridized carbons (Fsp3) is 0.400. The first-order chi connectivity index (χ1) is 9.40. The molecule has 4 heteroatoms. The van der Waals surface area contributed by atoms with Crippen LogP contribution < -0.4 is 0 Å². The van der Waals surface area contributed by atoms with Crippen molar-refractivity contribution in [3.8, 4) is 0 Å². The third kappa shape index (κ3) is 3.43. The van der Waals surface area contributed by atoms with Gasteiger partial charge in [0.1, 0.15) is 0 Å². The Kier molecular flexibility index (Phi) is 3.91. The van der Waals surface area contributed by atoms with Crippen LogP contribution in [0.2, 0.25) is 0 Å². The molecule has 100 valence electrons. The zero-order valence-corrected chi connectivity index (χ0v) is 11.0. The summed E-state index contributed by atoms with van der Waals surface area (Å²) < 4.78 is 5.11. The molecule has 19 heavy (non-hydrogen) atoms. The summed E-state index contributed by atoms with van der Waals surface area (Å²) in [6.07, 6.45) is 5.44. The van der Waals surface area contributed by atoms with E-state index >= 15 is 0 Å². The van der Waals surface area contributed by atoms with Crippen molar-refractivity contribution >= 4 is 0 Å². The normalized spacial score (nSPS) is 17.7. The lowest BCUT2D eigenvalue weighted by molar-refractivity contribution is 0.121. The molecule has 0 bridgehead atoms. The summed E-state index contributed by atoms with van der Waals surface area (Å²) in [5.74, 6) is 0. The first kappa shape index (κ1) is 12.4. The highest BCUT2D eigenvalue weighted by Crippen LogP contribution is 2.10. The fourth-order valence-electron chi connectivity index (χ4n) is 2.47. The van der Waals surface area contributed by atoms with Crippen LogP contribution in [0.25, 0.3) is 0 Å². The molecule has 0 spiro atoms. The smallest absolute Gasteiger partial charge is 0.0947 e. The number of piperazine rings is 1. The molecular formula is C15H19N3O. The van der Waals surface area contributed by atoms with Gasteiger partial charge in [-0.2, -0.15) is 0 Å². The van der Waals surface area contributed by atoms with Crippen LogP contribution in [-0.2, 0) is 13.1 Å². The van der Waals surface area contributed by atoms with E-state index in [2.05, 4.69) is 26.9 Å². The highest BCUT2D eigenvalue weighted by Gasteiger charge is 2.17. The Morgan fingerprint density at radius 1 is 1.00 bits per heavy atom. The minimum absolute atomic E-state index is 0.959. The second-order valence-corrected chi connectivity index (χ2v) is 5.00. The van der Waals surface area contributed by atoms with Gasteiger partial charge in [0, 0.05) is 51.0 Å². The van der Waals surface area contributed by atoms with Gasteiger partial charge in [0.05, 0.1) is 18.2 Å². The van der Waals surface area contributed by atoms with Crippen molar-refractivity contribution in [2.24, 2.45) is 0 Å². The Balaban J connectivity index is 1.47. The molecule has 0 atom stereocenters. The SMILES string of the molecule is c1ccc(CN2CCN(Cc3ccoc3)CC2)nc1. The van der Waals surface area contributed by atoms with Crippen LogP contribution >= 0.6 is 0 Å². The predicted octanol–water partition coefficient (Wildman–Crippen LogP) is 1.99. The predicted molar refractivity (Wildman–Crippen MR) is 73.5 cm³/mol. The molecule has 2 aromatic rings. The number of pyridine rings is 1. The minimum Gasteiger partial charge on any atom is -0.472 e. The van der Waals surface area contributed by atoms with Crippen molar-refractivity contribution in [2.75, 3.05) is 26.2 Å². The zero-order chi connectivity index (χ0) is 12.9. The van der Waals surface area contributed by atoms with E-state index in [4.69, 9.17) is 4.42 Å². The Bertz CT molecular complexity index is 475. The molecule has 0 amide bonds. The van der Waals surface area contributed by atoms with Crippen LogP contribution in [0.15, 0.2) is 47.4 Å². The van der Waals surface area contributed by atoms with Gasteiger partial charge in [0.15, 0.2) is 0 Å². The third-order valence-electron chi connectivity index (χ3n) is 3.56. The maximum absolute atomic E-state index is 5.11. The molecule has 1 saturated heterocycles. The number of furan rings is 1. The van der Waals surface area contributed by atoms with Crippen molar-refractivity contribution in [1.82, 2.24) is 14.8 Å². The summed E-state index contributed by atoms with van der Waals surface area (Å²) in [4.78, 5) is 9.32. The summed E-state index contributed by atoms with van der Waals surface area (Å²) >= 11 is 0. The number of hydrogen-bond acceptors (Lipinski definition) is 4. The second-order valence-electron chi connectivity index (χ2n) is 5.00. The van der Waals surface area contributed by atoms with Gasteiger partial charge < -0.3 is 4.42 Å². The van der Waals surface area contributed by atoms with Crippen LogP contribution in [-0.4, -0.2) is 41.0 Å². The van der Waals surface area contributed by atoms with Crippen LogP contribution in [0, 0.1) is 0 Å². The number of aromatic nitrogens is 1. The maximum Gasteiger partial charge on any atom is 0.0947 e. The van der Waals surface area contributed by atoms with E-state index in [0.29, 0.717) is 0 Å². The molecule has 1 fully saturated rings. The Hall–Kier alpha value is -1.65. The molecule has 0 unspecified atom stereocenters. The fourth-order valence-corrected chi connectivity index (χ4v) is 2.47. The molecule has 0 N–H and O–H groups in total. The molecule has 4 nitrogen and oxygen atoms in total. The van der Waals surface area contributed by atoms with E-state index in [-0.39, 0.29) is 0 Å². The van der Waals surface area contributed by atoms with E-state index in [1.807, 2.05) is 24.6 Å². The molecule has 3 heterocycles. The summed E-state index contributed by atoms with van der Waals surface area (Å²) in [6.45, 7) is 6.38. The highest BCUT2D eigenvalue weighted by molar-refractivity contribution is 5.06. The number of rotatable bonds is 4. The monoisotopic (exact) mass is 257 g/mol. The van der Waals surface area contributed by atoms with Gasteiger partial charge in [-0.25, -0.2) is 0 Å². The zero-order valence-electron chi connectivity index (χ0n) is 11.0. The third-order valence-corrected chi connectivity index (χ3v) is 3.56. The molecule has 3 rings (SSSR count). The van der Waals surface area contributed by atoms with Crippen LogP contribution in [0.3, 0.4) is 0 Å². The van der Waals surface area contributed by atoms with Crippen LogP contribution in [0.4, 0.5) is 0 Å². The van der Waals surface area contributed by atoms with Crippen LogP contribution in [0.1, 0.15) is 11.3 Å². The maximum atomic E-state index is 5.11. The average molecular weight is 257 g/mol. The van der Waals surface area contributed by atoms with E-state index in [9.17, 15) is 0 Å². The summed E-state index contributed by atoms with van der Waals surface area (Å²) in [7, 11) is 0. The number of nitrogens with zero attached hydrogens (tertiary/aromatic N) is 3. The molecule has 1 aliphatic rings. The largest absolute Gasteiger partial charge is 0.472 e. The topological polar surface area (TPSA) is 32.5 Å². The van der Waals surface area contributed by atoms with Crippen molar-refractivity contribution in [1.29, 1.82) is 0 Å². The standard InChI is InChI=1S/C15H19N3O/c1-2-5-16-15(3-1)12-18-8-6-17(7-9-18)11-14-4-10-19-13-14/h1-5,10,13H,6-9,11-12H2. The van der Waals surface area contributed by atoms with E-state index < -0.39 is 0 Å². The summed E-state index contributed by atoms with van der Waals surface area (Å²) in [6, 6.07) is 8.15. The Morgan fingerprint density at radius 3 is 2.42 bits per heavy atom. The second kappa shape index (κ2) is 5.99. The first-order valence-electron chi connectivity index (χ1n) is 6.76. The van der Waals surface area contributed by atoms with Gasteiger partial charge in [0.2, 0.25) is 0 Å². The Labute approximate surface area is 113 Å². The van der Waals surface area contributed by atoms with Gasteiger partial charge >= 0.3 is 0 Å². The van der Waals surface area contributed by atoms with Crippen molar-refractivity contribution < 1.29 is 4.42 Å². The summed E-state index contributed by atoms with van der Waals surface area (Å²) in [5, 5.41) is 0. The van der Waals surface area contributed by atoms with E-state index in [0.717, 1.165) is 45.0 Å². The lowest BCUT2D eigenvalue weighted by Crippen LogP contribution is -2.45. The summed E-state index contributed by atoms with van der Waals surface area (Å²) in [5.41, 5.74) is 2.42. The van der Waals surface area contributed by atoms with Crippen molar-refractivity contribution in [3.63, 3.8) is 0 Å². The van der Waals surface area contributed by atoms with Gasteiger partial charge in [-0.1, -0.05) is 6.07 Å². The minimum atomic E-state index is 0.959. The van der Waals surface area contributed by atoms with Crippen molar-refractivity contribution in [2.45, 2.75) is 13.1 Å². The molecule has 1 aliphatic heterocycles. The van der Waals surface area contributed by atoms with Crippen molar-refractivity contribution in [3.05, 3.63) is 54.2 Å². The highest BCUT2D eigenvalue weighted by atomic mass is 16.3. The van der Waals surface area contributed by atoms with Gasteiger partial charge in [-0.3, -0.25) is 14.8 Å². The lowest BCUT2D eigenvalue weighted by atomic mass is 10.2. The quantitative estimate of drug-likeness (QED) is 0.838. The molecule has 0 aromatic carbocycles. The average Bonchev–Trinajstić information content (AvgIpc) is 2.95. The molecular weight excluding hydrogens is 238 g/mol. The molecule has 2 aromatic heterocycles. The molecule has 0 saturated carbocycles. The van der Waals surface area contributed by atoms with Gasteiger partial charge in [-0.15, -0.1) is 0 Å². The molecule has 0 radical (unpaired) electrons.